The third-order valence-corrected chi connectivity index (χ3v) is 5.60. The molecule has 0 atom stereocenters. The maximum Gasteiger partial charge on any atom is 0.265 e. The predicted molar refractivity (Wildman–Crippen MR) is 127 cm³/mol. The van der Waals surface area contributed by atoms with Gasteiger partial charge in [-0.15, -0.1) is 0 Å². The highest BCUT2D eigenvalue weighted by Crippen LogP contribution is 2.25. The highest BCUT2D eigenvalue weighted by atomic mass is 32.1. The van der Waals surface area contributed by atoms with E-state index in [0.29, 0.717) is 19.7 Å². The van der Waals surface area contributed by atoms with Crippen molar-refractivity contribution in [3.63, 3.8) is 0 Å². The van der Waals surface area contributed by atoms with Gasteiger partial charge in [0.25, 0.3) is 11.8 Å². The van der Waals surface area contributed by atoms with E-state index in [1.165, 1.54) is 4.90 Å². The number of aromatic nitrogens is 1. The van der Waals surface area contributed by atoms with Crippen molar-refractivity contribution in [2.24, 2.45) is 0 Å². The summed E-state index contributed by atoms with van der Waals surface area (Å²) in [5, 5.41) is 3.67. The summed E-state index contributed by atoms with van der Waals surface area (Å²) in [7, 11) is 1.62. The van der Waals surface area contributed by atoms with E-state index in [1.54, 1.807) is 13.2 Å². The molecule has 164 valence electrons. The second-order valence-electron chi connectivity index (χ2n) is 7.19. The first-order valence-electron chi connectivity index (χ1n) is 10.3. The number of amides is 2. The molecule has 8 heteroatoms. The number of ether oxygens (including phenoxy) is 2. The molecule has 0 aliphatic carbocycles. The molecule has 1 aliphatic heterocycles. The van der Waals surface area contributed by atoms with E-state index >= 15 is 0 Å². The monoisotopic (exact) mass is 449 g/mol. The van der Waals surface area contributed by atoms with Crippen LogP contribution in [0.2, 0.25) is 0 Å². The van der Waals surface area contributed by atoms with Crippen molar-refractivity contribution < 1.29 is 19.1 Å². The molecule has 4 rings (SSSR count). The van der Waals surface area contributed by atoms with Crippen LogP contribution in [0.3, 0.4) is 0 Å². The summed E-state index contributed by atoms with van der Waals surface area (Å²) in [6.45, 7) is 3.26. The molecule has 0 saturated carbocycles. The average Bonchev–Trinajstić information content (AvgIpc) is 3.15. The predicted octanol–water partition coefficient (Wildman–Crippen LogP) is 3.38. The first kappa shape index (κ1) is 21.6. The number of hydrogen-bond donors (Lipinski definition) is 1. The van der Waals surface area contributed by atoms with Gasteiger partial charge in [0.2, 0.25) is 0 Å². The van der Waals surface area contributed by atoms with Crippen LogP contribution in [0.4, 0.5) is 0 Å². The molecule has 32 heavy (non-hydrogen) atoms. The third kappa shape index (κ3) is 4.22. The number of fused-ring (bicyclic) bond motifs is 1. The molecule has 1 saturated heterocycles. The van der Waals surface area contributed by atoms with Crippen LogP contribution >= 0.6 is 12.2 Å². The molecule has 0 bridgehead atoms. The van der Waals surface area contributed by atoms with Crippen LogP contribution in [0.25, 0.3) is 17.0 Å². The van der Waals surface area contributed by atoms with Gasteiger partial charge in [-0.2, -0.15) is 0 Å². The van der Waals surface area contributed by atoms with Crippen molar-refractivity contribution in [3.05, 3.63) is 65.9 Å². The number of para-hydroxylation sites is 1. The van der Waals surface area contributed by atoms with Crippen molar-refractivity contribution in [2.45, 2.75) is 13.5 Å². The summed E-state index contributed by atoms with van der Waals surface area (Å²) in [4.78, 5) is 26.6. The SMILES string of the molecule is CCN1C(=O)/C(=C/c2cn(CCOc3ccc(OC)cc3)c3ccccc23)C(=O)NC1=S. The van der Waals surface area contributed by atoms with Gasteiger partial charge in [-0.05, 0) is 55.5 Å². The summed E-state index contributed by atoms with van der Waals surface area (Å²) in [6.07, 6.45) is 3.56. The van der Waals surface area contributed by atoms with E-state index in [0.717, 1.165) is 28.0 Å². The van der Waals surface area contributed by atoms with Gasteiger partial charge in [0, 0.05) is 29.2 Å². The van der Waals surface area contributed by atoms with E-state index in [2.05, 4.69) is 9.88 Å². The van der Waals surface area contributed by atoms with Crippen molar-refractivity contribution >= 4 is 46.1 Å². The second-order valence-corrected chi connectivity index (χ2v) is 7.57. The fraction of sp³-hybridized carbons (Fsp3) is 0.208. The van der Waals surface area contributed by atoms with Gasteiger partial charge in [0.05, 0.1) is 13.7 Å². The van der Waals surface area contributed by atoms with Gasteiger partial charge in [-0.25, -0.2) is 0 Å². The fourth-order valence-corrected chi connectivity index (χ4v) is 3.95. The van der Waals surface area contributed by atoms with Crippen molar-refractivity contribution in [2.75, 3.05) is 20.3 Å². The number of methoxy groups -OCH3 is 1. The molecule has 3 aromatic rings. The van der Waals surface area contributed by atoms with Gasteiger partial charge in [-0.3, -0.25) is 19.8 Å². The lowest BCUT2D eigenvalue weighted by Crippen LogP contribution is -2.53. The Labute approximate surface area is 191 Å². The number of nitrogens with zero attached hydrogens (tertiary/aromatic N) is 2. The molecule has 2 amide bonds. The summed E-state index contributed by atoms with van der Waals surface area (Å²) < 4.78 is 13.1. The summed E-state index contributed by atoms with van der Waals surface area (Å²) in [6, 6.07) is 15.3. The van der Waals surface area contributed by atoms with Crippen LogP contribution in [-0.2, 0) is 16.1 Å². The number of nitrogens with one attached hydrogen (secondary N) is 1. The molecule has 2 heterocycles. The van der Waals surface area contributed by atoms with Crippen molar-refractivity contribution in [3.8, 4) is 11.5 Å². The number of carbonyl (C=O) groups is 2. The minimum atomic E-state index is -0.482. The number of rotatable bonds is 7. The molecular formula is C24H23N3O4S. The number of benzene rings is 2. The van der Waals surface area contributed by atoms with E-state index in [4.69, 9.17) is 21.7 Å². The Balaban J connectivity index is 1.58. The maximum atomic E-state index is 12.8. The number of thiocarbonyl (C=S) groups is 1. The average molecular weight is 450 g/mol. The lowest BCUT2D eigenvalue weighted by molar-refractivity contribution is -0.128. The molecule has 7 nitrogen and oxygen atoms in total. The highest BCUT2D eigenvalue weighted by molar-refractivity contribution is 7.80. The number of likely N-dealkylation sites (N-methyl/N-ethyl adjacent to an activating group) is 1. The highest BCUT2D eigenvalue weighted by Gasteiger charge is 2.32. The second kappa shape index (κ2) is 9.23. The Hall–Kier alpha value is -3.65. The standard InChI is InChI=1S/C24H23N3O4S/c1-3-27-23(29)20(22(28)25-24(27)32)14-16-15-26(21-7-5-4-6-19(16)21)12-13-31-18-10-8-17(30-2)9-11-18/h4-11,14-15H,3,12-13H2,1-2H3,(H,25,28,32)/b20-14+. The summed E-state index contributed by atoms with van der Waals surface area (Å²) in [5.74, 6) is 0.658. The molecule has 0 radical (unpaired) electrons. The van der Waals surface area contributed by atoms with E-state index < -0.39 is 5.91 Å². The molecule has 1 N–H and O–H groups in total. The smallest absolute Gasteiger partial charge is 0.265 e. The molecule has 2 aromatic carbocycles. The van der Waals surface area contributed by atoms with Gasteiger partial charge in [0.1, 0.15) is 23.7 Å². The first-order chi connectivity index (χ1) is 15.5. The Morgan fingerprint density at radius 3 is 2.50 bits per heavy atom. The zero-order chi connectivity index (χ0) is 22.7. The molecule has 0 unspecified atom stereocenters. The fourth-order valence-electron chi connectivity index (χ4n) is 3.65. The number of hydrogen-bond acceptors (Lipinski definition) is 5. The molecule has 0 spiro atoms. The largest absolute Gasteiger partial charge is 0.497 e. The van der Waals surface area contributed by atoms with E-state index in [-0.39, 0.29) is 16.6 Å². The van der Waals surface area contributed by atoms with Gasteiger partial charge in [0.15, 0.2) is 5.11 Å². The Morgan fingerprint density at radius 1 is 1.06 bits per heavy atom. The topological polar surface area (TPSA) is 72.8 Å². The van der Waals surface area contributed by atoms with E-state index in [1.807, 2.05) is 61.7 Å². The maximum absolute atomic E-state index is 12.8. The summed E-state index contributed by atoms with van der Waals surface area (Å²) in [5.41, 5.74) is 1.84. The van der Waals surface area contributed by atoms with Crippen LogP contribution in [0, 0.1) is 0 Å². The zero-order valence-electron chi connectivity index (χ0n) is 17.8. The zero-order valence-corrected chi connectivity index (χ0v) is 18.6. The molecule has 1 fully saturated rings. The van der Waals surface area contributed by atoms with Crippen molar-refractivity contribution in [1.29, 1.82) is 0 Å². The Morgan fingerprint density at radius 2 is 1.78 bits per heavy atom. The van der Waals surface area contributed by atoms with Crippen LogP contribution in [0.15, 0.2) is 60.3 Å². The lowest BCUT2D eigenvalue weighted by atomic mass is 10.1. The third-order valence-electron chi connectivity index (χ3n) is 5.28. The minimum Gasteiger partial charge on any atom is -0.497 e. The van der Waals surface area contributed by atoms with E-state index in [9.17, 15) is 9.59 Å². The Bertz CT molecular complexity index is 1210. The van der Waals surface area contributed by atoms with Crippen molar-refractivity contribution in [1.82, 2.24) is 14.8 Å². The number of carbonyl (C=O) groups excluding carboxylic acids is 2. The van der Waals surface area contributed by atoms with Crippen LogP contribution in [0.5, 0.6) is 11.5 Å². The quantitative estimate of drug-likeness (QED) is 0.340. The minimum absolute atomic E-state index is 0.0674. The summed E-state index contributed by atoms with van der Waals surface area (Å²) >= 11 is 5.10. The Kier molecular flexibility index (Phi) is 6.23. The van der Waals surface area contributed by atoms with Crippen LogP contribution in [0.1, 0.15) is 12.5 Å². The molecule has 1 aliphatic rings. The van der Waals surface area contributed by atoms with Gasteiger partial charge < -0.3 is 14.0 Å². The molecule has 1 aromatic heterocycles. The van der Waals surface area contributed by atoms with Crippen LogP contribution in [-0.4, -0.2) is 46.7 Å². The lowest BCUT2D eigenvalue weighted by Gasteiger charge is -2.27. The van der Waals surface area contributed by atoms with Gasteiger partial charge >= 0.3 is 0 Å². The van der Waals surface area contributed by atoms with Crippen LogP contribution < -0.4 is 14.8 Å². The normalized spacial score (nSPS) is 15.4. The van der Waals surface area contributed by atoms with Gasteiger partial charge in [-0.1, -0.05) is 18.2 Å². The molecular weight excluding hydrogens is 426 g/mol. The first-order valence-corrected chi connectivity index (χ1v) is 10.7.